The topological polar surface area (TPSA) is 81.9 Å². The van der Waals surface area contributed by atoms with Crippen LogP contribution in [0.3, 0.4) is 0 Å². The molecule has 0 unspecified atom stereocenters. The first kappa shape index (κ1) is 19.9. The van der Waals surface area contributed by atoms with Crippen LogP contribution in [0.2, 0.25) is 5.15 Å². The van der Waals surface area contributed by atoms with E-state index in [4.69, 9.17) is 16.3 Å². The molecule has 7 atom stereocenters. The van der Waals surface area contributed by atoms with Crippen molar-refractivity contribution in [2.75, 3.05) is 0 Å². The van der Waals surface area contributed by atoms with Crippen molar-refractivity contribution in [3.63, 3.8) is 0 Å². The van der Waals surface area contributed by atoms with Gasteiger partial charge in [-0.1, -0.05) is 18.5 Å². The number of amides is 1. The van der Waals surface area contributed by atoms with Gasteiger partial charge in [-0.15, -0.1) is 0 Å². The van der Waals surface area contributed by atoms with Crippen molar-refractivity contribution in [2.24, 2.45) is 23.2 Å². The molecule has 0 aromatic carbocycles. The van der Waals surface area contributed by atoms with Gasteiger partial charge in [0.2, 0.25) is 5.91 Å². The Morgan fingerprint density at radius 1 is 1.10 bits per heavy atom. The standard InChI is InChI=1S/C23H30ClN5O2/c1-22-9-8-17(30)28-16(22)5-3-13-14(22)7-10-23(2)15(13)4-6-18(31-23)29-12-27-19-20(24)25-11-26-21(19)29/h11-16,18H,3-10H2,1-2H3,(H,28,30)/t13-,14+,15+,16-,18+,22-,23+/m1/s1. The first-order chi connectivity index (χ1) is 14.9. The molecule has 8 heteroatoms. The van der Waals surface area contributed by atoms with E-state index in [1.807, 2.05) is 4.57 Å². The van der Waals surface area contributed by atoms with E-state index < -0.39 is 0 Å². The van der Waals surface area contributed by atoms with Crippen LogP contribution in [0.1, 0.15) is 71.4 Å². The van der Waals surface area contributed by atoms with Crippen molar-refractivity contribution in [1.82, 2.24) is 24.8 Å². The number of rotatable bonds is 1. The Morgan fingerprint density at radius 3 is 2.84 bits per heavy atom. The average Bonchev–Trinajstić information content (AvgIpc) is 3.19. The summed E-state index contributed by atoms with van der Waals surface area (Å²) >= 11 is 6.21. The molecule has 0 radical (unpaired) electrons. The summed E-state index contributed by atoms with van der Waals surface area (Å²) < 4.78 is 8.89. The van der Waals surface area contributed by atoms with Crippen LogP contribution in [0.15, 0.2) is 12.7 Å². The number of hydrogen-bond acceptors (Lipinski definition) is 5. The maximum atomic E-state index is 12.0. The Kier molecular flexibility index (Phi) is 4.42. The molecule has 6 rings (SSSR count). The van der Waals surface area contributed by atoms with Gasteiger partial charge in [-0.2, -0.15) is 0 Å². The average molecular weight is 444 g/mol. The summed E-state index contributed by atoms with van der Waals surface area (Å²) in [7, 11) is 0. The third kappa shape index (κ3) is 2.88. The molecule has 7 nitrogen and oxygen atoms in total. The molecule has 2 aromatic rings. The van der Waals surface area contributed by atoms with Gasteiger partial charge in [0.05, 0.1) is 11.9 Å². The minimum Gasteiger partial charge on any atom is -0.353 e. The van der Waals surface area contributed by atoms with Gasteiger partial charge in [0.15, 0.2) is 10.8 Å². The Labute approximate surface area is 187 Å². The predicted octanol–water partition coefficient (Wildman–Crippen LogP) is 4.27. The molecule has 2 saturated carbocycles. The molecule has 31 heavy (non-hydrogen) atoms. The summed E-state index contributed by atoms with van der Waals surface area (Å²) in [4.78, 5) is 24.9. The first-order valence-electron chi connectivity index (χ1n) is 11.7. The Balaban J connectivity index is 1.27. The van der Waals surface area contributed by atoms with Crippen LogP contribution in [0, 0.1) is 23.2 Å². The van der Waals surface area contributed by atoms with E-state index in [0.717, 1.165) is 37.8 Å². The third-order valence-corrected chi connectivity index (χ3v) is 9.46. The summed E-state index contributed by atoms with van der Waals surface area (Å²) in [5, 5.41) is 3.70. The van der Waals surface area contributed by atoms with Gasteiger partial charge < -0.3 is 10.1 Å². The highest BCUT2D eigenvalue weighted by Gasteiger charge is 2.58. The molecule has 0 spiro atoms. The lowest BCUT2D eigenvalue weighted by molar-refractivity contribution is -0.231. The second-order valence-electron chi connectivity index (χ2n) is 10.6. The zero-order valence-electron chi connectivity index (χ0n) is 18.2. The van der Waals surface area contributed by atoms with Crippen LogP contribution in [-0.4, -0.2) is 37.1 Å². The van der Waals surface area contributed by atoms with Crippen molar-refractivity contribution in [2.45, 2.75) is 83.1 Å². The molecule has 4 fully saturated rings. The fourth-order valence-corrected chi connectivity index (χ4v) is 7.75. The number of piperidine rings is 1. The van der Waals surface area contributed by atoms with Crippen molar-refractivity contribution < 1.29 is 9.53 Å². The summed E-state index contributed by atoms with van der Waals surface area (Å²) in [5.74, 6) is 2.14. The molecule has 4 aliphatic rings. The minimum absolute atomic E-state index is 0.0744. The van der Waals surface area contributed by atoms with E-state index in [0.29, 0.717) is 40.9 Å². The third-order valence-electron chi connectivity index (χ3n) is 9.18. The number of carbonyl (C=O) groups is 1. The fourth-order valence-electron chi connectivity index (χ4n) is 7.58. The van der Waals surface area contributed by atoms with Crippen LogP contribution in [0.5, 0.6) is 0 Å². The van der Waals surface area contributed by atoms with Crippen molar-refractivity contribution in [1.29, 1.82) is 0 Å². The molecule has 2 saturated heterocycles. The van der Waals surface area contributed by atoms with Crippen molar-refractivity contribution in [3.05, 3.63) is 17.8 Å². The van der Waals surface area contributed by atoms with Crippen LogP contribution in [-0.2, 0) is 9.53 Å². The highest BCUT2D eigenvalue weighted by molar-refractivity contribution is 6.33. The molecule has 2 aliphatic carbocycles. The van der Waals surface area contributed by atoms with E-state index in [1.54, 1.807) is 6.33 Å². The number of fused-ring (bicyclic) bond motifs is 6. The van der Waals surface area contributed by atoms with E-state index in [2.05, 4.69) is 34.1 Å². The number of ether oxygens (including phenoxy) is 1. The molecule has 1 amide bonds. The van der Waals surface area contributed by atoms with E-state index in [-0.39, 0.29) is 23.2 Å². The van der Waals surface area contributed by atoms with Gasteiger partial charge in [-0.3, -0.25) is 9.36 Å². The zero-order valence-corrected chi connectivity index (χ0v) is 18.9. The number of halogens is 1. The highest BCUT2D eigenvalue weighted by atomic mass is 35.5. The van der Waals surface area contributed by atoms with E-state index >= 15 is 0 Å². The molecule has 2 aromatic heterocycles. The molecule has 4 heterocycles. The van der Waals surface area contributed by atoms with E-state index in [9.17, 15) is 4.79 Å². The number of imidazole rings is 1. The van der Waals surface area contributed by atoms with Gasteiger partial charge in [0, 0.05) is 12.5 Å². The number of nitrogens with zero attached hydrogens (tertiary/aromatic N) is 4. The lowest BCUT2D eigenvalue weighted by Crippen LogP contribution is -2.63. The molecule has 0 bridgehead atoms. The van der Waals surface area contributed by atoms with Crippen LogP contribution >= 0.6 is 11.6 Å². The normalized spacial score (nSPS) is 42.4. The van der Waals surface area contributed by atoms with Crippen LogP contribution < -0.4 is 5.32 Å². The zero-order chi connectivity index (χ0) is 21.4. The maximum Gasteiger partial charge on any atom is 0.220 e. The van der Waals surface area contributed by atoms with Gasteiger partial charge >= 0.3 is 0 Å². The summed E-state index contributed by atoms with van der Waals surface area (Å²) in [6, 6.07) is 0.346. The second kappa shape index (κ2) is 6.88. The minimum atomic E-state index is -0.140. The van der Waals surface area contributed by atoms with Crippen LogP contribution in [0.4, 0.5) is 0 Å². The number of nitrogens with one attached hydrogen (secondary N) is 1. The van der Waals surface area contributed by atoms with Crippen molar-refractivity contribution >= 4 is 28.7 Å². The lowest BCUT2D eigenvalue weighted by atomic mass is 9.48. The fraction of sp³-hybridized carbons (Fsp3) is 0.739. The van der Waals surface area contributed by atoms with Gasteiger partial charge in [-0.05, 0) is 75.0 Å². The molecular formula is C23H30ClN5O2. The number of carbonyl (C=O) groups excluding carboxylic acids is 1. The van der Waals surface area contributed by atoms with Gasteiger partial charge in [-0.25, -0.2) is 15.0 Å². The number of hydrogen-bond donors (Lipinski definition) is 1. The number of aromatic nitrogens is 4. The Bertz CT molecular complexity index is 1040. The molecular weight excluding hydrogens is 414 g/mol. The maximum absolute atomic E-state index is 12.0. The van der Waals surface area contributed by atoms with Crippen molar-refractivity contribution in [3.8, 4) is 0 Å². The van der Waals surface area contributed by atoms with Gasteiger partial charge in [0.1, 0.15) is 18.1 Å². The SMILES string of the molecule is C[C@]12CCC(=O)N[C@@H]1CC[C@@H]1[C@@H]2CC[C@]2(C)O[C@H](n3cnc4c(Cl)ncnc43)CC[C@@H]12. The summed E-state index contributed by atoms with van der Waals surface area (Å²) in [6.07, 6.45) is 11.5. The monoisotopic (exact) mass is 443 g/mol. The predicted molar refractivity (Wildman–Crippen MR) is 116 cm³/mol. The Hall–Kier alpha value is -1.73. The van der Waals surface area contributed by atoms with E-state index in [1.165, 1.54) is 19.2 Å². The first-order valence-corrected chi connectivity index (χ1v) is 12.1. The summed E-state index contributed by atoms with van der Waals surface area (Å²) in [5.41, 5.74) is 1.46. The van der Waals surface area contributed by atoms with Crippen LogP contribution in [0.25, 0.3) is 11.2 Å². The van der Waals surface area contributed by atoms with Gasteiger partial charge in [0.25, 0.3) is 0 Å². The second-order valence-corrected chi connectivity index (χ2v) is 10.9. The smallest absolute Gasteiger partial charge is 0.220 e. The molecule has 1 N–H and O–H groups in total. The molecule has 2 aliphatic heterocycles. The lowest BCUT2D eigenvalue weighted by Gasteiger charge is -2.62. The quantitative estimate of drug-likeness (QED) is 0.665. The largest absolute Gasteiger partial charge is 0.353 e. The summed E-state index contributed by atoms with van der Waals surface area (Å²) in [6.45, 7) is 4.75. The highest BCUT2D eigenvalue weighted by Crippen LogP contribution is 2.61. The Morgan fingerprint density at radius 2 is 1.97 bits per heavy atom. The molecule has 166 valence electrons.